The van der Waals surface area contributed by atoms with Gasteiger partial charge in [-0.1, -0.05) is 6.58 Å². The molecular formula is C6H7ClF2O2. The van der Waals surface area contributed by atoms with Crippen LogP contribution < -0.4 is 0 Å². The molecule has 0 fully saturated rings. The Kier molecular flexibility index (Phi) is 3.45. The smallest absolute Gasteiger partial charge is 0.388 e. The Bertz CT molecular complexity index is 174. The SMILES string of the molecule is C=C(OCC)C(=O)C(F)(F)Cl. The number of carbonyl (C=O) groups is 1. The molecule has 0 aliphatic heterocycles. The highest BCUT2D eigenvalue weighted by molar-refractivity contribution is 6.34. The van der Waals surface area contributed by atoms with E-state index in [1.165, 1.54) is 0 Å². The van der Waals surface area contributed by atoms with E-state index in [-0.39, 0.29) is 6.61 Å². The van der Waals surface area contributed by atoms with Crippen LogP contribution in [0.5, 0.6) is 0 Å². The average molecular weight is 185 g/mol. The number of hydrogen-bond acceptors (Lipinski definition) is 2. The van der Waals surface area contributed by atoms with Crippen LogP contribution in [0, 0.1) is 0 Å². The van der Waals surface area contributed by atoms with Gasteiger partial charge in [-0.05, 0) is 18.5 Å². The van der Waals surface area contributed by atoms with Crippen molar-refractivity contribution in [2.24, 2.45) is 0 Å². The van der Waals surface area contributed by atoms with Crippen LogP contribution in [0.15, 0.2) is 12.3 Å². The molecule has 0 saturated heterocycles. The summed E-state index contributed by atoms with van der Waals surface area (Å²) >= 11 is 4.39. The van der Waals surface area contributed by atoms with Gasteiger partial charge in [0.15, 0.2) is 5.76 Å². The maximum Gasteiger partial charge on any atom is 0.388 e. The molecule has 0 N–H and O–H groups in total. The molecule has 0 aliphatic carbocycles. The fraction of sp³-hybridized carbons (Fsp3) is 0.500. The Balaban J connectivity index is 4.15. The van der Waals surface area contributed by atoms with E-state index in [0.29, 0.717) is 0 Å². The standard InChI is InChI=1S/C6H7ClF2O2/c1-3-11-4(2)5(10)6(7,8)9/h2-3H2,1H3. The molecule has 2 nitrogen and oxygen atoms in total. The summed E-state index contributed by atoms with van der Waals surface area (Å²) in [5.41, 5.74) is 0. The zero-order valence-electron chi connectivity index (χ0n) is 5.86. The van der Waals surface area contributed by atoms with Gasteiger partial charge in [0.2, 0.25) is 0 Å². The highest BCUT2D eigenvalue weighted by Gasteiger charge is 2.38. The first-order chi connectivity index (χ1) is 4.89. The van der Waals surface area contributed by atoms with Crippen molar-refractivity contribution in [2.75, 3.05) is 6.61 Å². The van der Waals surface area contributed by atoms with Crippen molar-refractivity contribution >= 4 is 17.4 Å². The normalized spacial score (nSPS) is 10.9. The lowest BCUT2D eigenvalue weighted by atomic mass is 10.3. The van der Waals surface area contributed by atoms with Crippen LogP contribution in [0.4, 0.5) is 8.78 Å². The van der Waals surface area contributed by atoms with Gasteiger partial charge in [-0.25, -0.2) is 0 Å². The fourth-order valence-electron chi connectivity index (χ4n) is 0.398. The van der Waals surface area contributed by atoms with E-state index >= 15 is 0 Å². The van der Waals surface area contributed by atoms with Gasteiger partial charge in [0.25, 0.3) is 5.78 Å². The van der Waals surface area contributed by atoms with Gasteiger partial charge < -0.3 is 4.74 Å². The molecular weight excluding hydrogens is 178 g/mol. The van der Waals surface area contributed by atoms with E-state index in [4.69, 9.17) is 0 Å². The van der Waals surface area contributed by atoms with Gasteiger partial charge in [0.05, 0.1) is 6.61 Å². The molecule has 0 aliphatic rings. The number of allylic oxidation sites excluding steroid dienone is 1. The average Bonchev–Trinajstić information content (AvgIpc) is 1.85. The fourth-order valence-corrected chi connectivity index (χ4v) is 0.503. The number of ketones is 1. The van der Waals surface area contributed by atoms with Gasteiger partial charge in [-0.2, -0.15) is 8.78 Å². The zero-order valence-corrected chi connectivity index (χ0v) is 6.62. The number of carbonyl (C=O) groups excluding carboxylic acids is 1. The maximum atomic E-state index is 12.0. The predicted molar refractivity (Wildman–Crippen MR) is 36.6 cm³/mol. The molecule has 0 rings (SSSR count). The Hall–Kier alpha value is -0.640. The number of hydrogen-bond donors (Lipinski definition) is 0. The first-order valence-corrected chi connectivity index (χ1v) is 3.20. The summed E-state index contributed by atoms with van der Waals surface area (Å²) in [5, 5.41) is -3.91. The van der Waals surface area contributed by atoms with Gasteiger partial charge >= 0.3 is 5.38 Å². The third-order valence-electron chi connectivity index (χ3n) is 0.829. The highest BCUT2D eigenvalue weighted by atomic mass is 35.5. The van der Waals surface area contributed by atoms with Gasteiger partial charge in [-0.15, -0.1) is 0 Å². The van der Waals surface area contributed by atoms with Crippen LogP contribution in [0.1, 0.15) is 6.92 Å². The van der Waals surface area contributed by atoms with E-state index in [1.54, 1.807) is 6.92 Å². The van der Waals surface area contributed by atoms with Crippen LogP contribution in [-0.2, 0) is 9.53 Å². The van der Waals surface area contributed by atoms with Crippen molar-refractivity contribution in [1.29, 1.82) is 0 Å². The van der Waals surface area contributed by atoms with Crippen molar-refractivity contribution in [1.82, 2.24) is 0 Å². The lowest BCUT2D eigenvalue weighted by molar-refractivity contribution is -0.132. The summed E-state index contributed by atoms with van der Waals surface area (Å²) in [6.07, 6.45) is 0. The Labute approximate surface area is 67.8 Å². The van der Waals surface area contributed by atoms with Crippen molar-refractivity contribution in [2.45, 2.75) is 12.3 Å². The Morgan fingerprint density at radius 3 is 2.45 bits per heavy atom. The minimum Gasteiger partial charge on any atom is -0.490 e. The third-order valence-corrected chi connectivity index (χ3v) is 1.00. The number of Topliss-reactive ketones (excluding diaryl/α,β-unsaturated/α-hetero) is 1. The quantitative estimate of drug-likeness (QED) is 0.379. The molecule has 0 aromatic heterocycles. The van der Waals surface area contributed by atoms with E-state index in [2.05, 4.69) is 22.9 Å². The van der Waals surface area contributed by atoms with Gasteiger partial charge in [-0.3, -0.25) is 4.79 Å². The second kappa shape index (κ2) is 3.67. The summed E-state index contributed by atoms with van der Waals surface area (Å²) in [5.74, 6) is -2.21. The van der Waals surface area contributed by atoms with Crippen molar-refractivity contribution < 1.29 is 18.3 Å². The largest absolute Gasteiger partial charge is 0.490 e. The van der Waals surface area contributed by atoms with E-state index < -0.39 is 16.9 Å². The van der Waals surface area contributed by atoms with Crippen molar-refractivity contribution in [3.05, 3.63) is 12.3 Å². The Morgan fingerprint density at radius 2 is 2.18 bits per heavy atom. The lowest BCUT2D eigenvalue weighted by Crippen LogP contribution is -2.24. The topological polar surface area (TPSA) is 26.3 Å². The second-order valence-electron chi connectivity index (χ2n) is 1.68. The minimum absolute atomic E-state index is 0.109. The molecule has 0 saturated carbocycles. The molecule has 0 radical (unpaired) electrons. The summed E-state index contributed by atoms with van der Waals surface area (Å²) < 4.78 is 28.4. The van der Waals surface area contributed by atoms with E-state index in [1.807, 2.05) is 0 Å². The van der Waals surface area contributed by atoms with E-state index in [0.717, 1.165) is 0 Å². The summed E-state index contributed by atoms with van der Waals surface area (Å²) in [7, 11) is 0. The number of rotatable bonds is 4. The Morgan fingerprint density at radius 1 is 1.73 bits per heavy atom. The molecule has 0 atom stereocenters. The molecule has 0 aromatic carbocycles. The molecule has 0 bridgehead atoms. The second-order valence-corrected chi connectivity index (χ2v) is 2.16. The molecule has 0 amide bonds. The molecule has 5 heteroatoms. The van der Waals surface area contributed by atoms with Crippen molar-refractivity contribution in [3.8, 4) is 0 Å². The third kappa shape index (κ3) is 3.32. The first-order valence-electron chi connectivity index (χ1n) is 2.82. The monoisotopic (exact) mass is 184 g/mol. The van der Waals surface area contributed by atoms with Gasteiger partial charge in [0, 0.05) is 0 Å². The van der Waals surface area contributed by atoms with Crippen LogP contribution in [0.2, 0.25) is 0 Å². The molecule has 0 spiro atoms. The summed E-state index contributed by atoms with van der Waals surface area (Å²) in [6, 6.07) is 0. The maximum absolute atomic E-state index is 12.0. The molecule has 11 heavy (non-hydrogen) atoms. The van der Waals surface area contributed by atoms with Gasteiger partial charge in [0.1, 0.15) is 0 Å². The zero-order chi connectivity index (χ0) is 9.07. The van der Waals surface area contributed by atoms with Crippen LogP contribution in [0.3, 0.4) is 0 Å². The number of alkyl halides is 3. The van der Waals surface area contributed by atoms with Crippen molar-refractivity contribution in [3.63, 3.8) is 0 Å². The lowest BCUT2D eigenvalue weighted by Gasteiger charge is -2.08. The summed E-state index contributed by atoms with van der Waals surface area (Å²) in [6.45, 7) is 4.63. The molecule has 64 valence electrons. The summed E-state index contributed by atoms with van der Waals surface area (Å²) in [4.78, 5) is 10.4. The predicted octanol–water partition coefficient (Wildman–Crippen LogP) is 1.94. The first kappa shape index (κ1) is 10.4. The number of ether oxygens (including phenoxy) is 1. The minimum atomic E-state index is -3.91. The van der Waals surface area contributed by atoms with Crippen LogP contribution >= 0.6 is 11.6 Å². The van der Waals surface area contributed by atoms with Crippen LogP contribution in [-0.4, -0.2) is 17.8 Å². The number of halogens is 3. The highest BCUT2D eigenvalue weighted by Crippen LogP contribution is 2.23. The van der Waals surface area contributed by atoms with Crippen LogP contribution in [0.25, 0.3) is 0 Å². The molecule has 0 aromatic rings. The molecule has 0 heterocycles. The molecule has 0 unspecified atom stereocenters. The van der Waals surface area contributed by atoms with E-state index in [9.17, 15) is 13.6 Å².